The summed E-state index contributed by atoms with van der Waals surface area (Å²) in [5.74, 6) is -0.388. The Balaban J connectivity index is 2.56. The first kappa shape index (κ1) is 19.7. The lowest BCUT2D eigenvalue weighted by Gasteiger charge is -2.19. The summed E-state index contributed by atoms with van der Waals surface area (Å²) in [6.07, 6.45) is 1.48. The second-order valence-electron chi connectivity index (χ2n) is 4.95. The topological polar surface area (TPSA) is 52.6 Å². The van der Waals surface area contributed by atoms with Gasteiger partial charge in [-0.2, -0.15) is 0 Å². The SMILES string of the molecule is CCOP(=O)(OCC)/C(=C\c1ccc(F)cc1)S(=O)c1ccccc1. The molecule has 0 aliphatic rings. The van der Waals surface area contributed by atoms with Crippen molar-refractivity contribution >= 4 is 24.5 Å². The van der Waals surface area contributed by atoms with E-state index in [1.807, 2.05) is 0 Å². The fourth-order valence-electron chi connectivity index (χ4n) is 2.10. The minimum Gasteiger partial charge on any atom is -0.305 e. The van der Waals surface area contributed by atoms with Gasteiger partial charge in [-0.3, -0.25) is 4.57 Å². The molecule has 134 valence electrons. The third-order valence-electron chi connectivity index (χ3n) is 3.18. The van der Waals surface area contributed by atoms with Crippen LogP contribution in [0.1, 0.15) is 19.4 Å². The zero-order valence-electron chi connectivity index (χ0n) is 14.1. The second kappa shape index (κ2) is 9.20. The first-order chi connectivity index (χ1) is 12.0. The zero-order chi connectivity index (χ0) is 18.3. The molecule has 2 aromatic carbocycles. The molecule has 0 bridgehead atoms. The summed E-state index contributed by atoms with van der Waals surface area (Å²) in [6, 6.07) is 14.2. The standard InChI is InChI=1S/C18H20FO4PS/c1-3-22-24(20,23-4-2)18(14-15-10-12-16(19)13-11-15)25(21)17-8-6-5-7-9-17/h5-14H,3-4H2,1-2H3/b18-14+. The molecule has 7 heteroatoms. The van der Waals surface area contributed by atoms with E-state index in [0.29, 0.717) is 10.5 Å². The molecular weight excluding hydrogens is 362 g/mol. The van der Waals surface area contributed by atoms with Gasteiger partial charge in [-0.15, -0.1) is 0 Å². The molecule has 0 heterocycles. The fourth-order valence-corrected chi connectivity index (χ4v) is 5.75. The fraction of sp³-hybridized carbons (Fsp3) is 0.222. The van der Waals surface area contributed by atoms with Crippen LogP contribution in [0.2, 0.25) is 0 Å². The van der Waals surface area contributed by atoms with Gasteiger partial charge < -0.3 is 9.05 Å². The van der Waals surface area contributed by atoms with Crippen LogP contribution in [0.5, 0.6) is 0 Å². The van der Waals surface area contributed by atoms with Crippen molar-refractivity contribution < 1.29 is 22.2 Å². The van der Waals surface area contributed by atoms with E-state index in [0.717, 1.165) is 0 Å². The quantitative estimate of drug-likeness (QED) is 0.589. The minimum atomic E-state index is -3.76. The molecule has 4 nitrogen and oxygen atoms in total. The largest absolute Gasteiger partial charge is 0.370 e. The van der Waals surface area contributed by atoms with E-state index in [-0.39, 0.29) is 23.7 Å². The van der Waals surface area contributed by atoms with Crippen molar-refractivity contribution in [1.82, 2.24) is 0 Å². The molecule has 2 rings (SSSR count). The molecular formula is C18H20FO4PS. The smallest absolute Gasteiger partial charge is 0.305 e. The number of halogens is 1. The van der Waals surface area contributed by atoms with Gasteiger partial charge in [0.05, 0.1) is 24.0 Å². The van der Waals surface area contributed by atoms with E-state index in [2.05, 4.69) is 0 Å². The van der Waals surface area contributed by atoms with Crippen LogP contribution in [0.3, 0.4) is 0 Å². The monoisotopic (exact) mass is 382 g/mol. The van der Waals surface area contributed by atoms with Crippen molar-refractivity contribution in [2.75, 3.05) is 13.2 Å². The Morgan fingerprint density at radius 2 is 1.60 bits per heavy atom. The summed E-state index contributed by atoms with van der Waals surface area (Å²) in [7, 11) is -5.51. The molecule has 0 aromatic heterocycles. The first-order valence-electron chi connectivity index (χ1n) is 7.84. The van der Waals surface area contributed by atoms with Crippen LogP contribution in [-0.2, 0) is 24.4 Å². The molecule has 2 aromatic rings. The summed E-state index contributed by atoms with van der Waals surface area (Å²) in [5, 5.41) is 0. The van der Waals surface area contributed by atoms with Crippen LogP contribution in [0.4, 0.5) is 4.39 Å². The molecule has 0 N–H and O–H groups in total. The number of hydrogen-bond acceptors (Lipinski definition) is 4. The Morgan fingerprint density at radius 3 is 2.12 bits per heavy atom. The van der Waals surface area contributed by atoms with Crippen molar-refractivity contribution in [2.24, 2.45) is 0 Å². The molecule has 0 spiro atoms. The maximum atomic E-state index is 13.2. The number of hydrogen-bond donors (Lipinski definition) is 0. The van der Waals surface area contributed by atoms with Gasteiger partial charge in [0, 0.05) is 4.90 Å². The van der Waals surface area contributed by atoms with E-state index < -0.39 is 18.4 Å². The van der Waals surface area contributed by atoms with Gasteiger partial charge in [-0.1, -0.05) is 30.3 Å². The summed E-state index contributed by atoms with van der Waals surface area (Å²) < 4.78 is 50.2. The highest BCUT2D eigenvalue weighted by atomic mass is 32.2. The lowest BCUT2D eigenvalue weighted by atomic mass is 10.2. The van der Waals surface area contributed by atoms with Crippen LogP contribution >= 0.6 is 7.60 Å². The van der Waals surface area contributed by atoms with E-state index in [1.165, 1.54) is 30.3 Å². The Hall–Kier alpha value is -1.59. The minimum absolute atomic E-state index is 0.0361. The predicted octanol–water partition coefficient (Wildman–Crippen LogP) is 5.20. The van der Waals surface area contributed by atoms with Gasteiger partial charge in [-0.05, 0) is 49.8 Å². The highest BCUT2D eigenvalue weighted by Gasteiger charge is 2.34. The normalized spacial score (nSPS) is 13.6. The molecule has 0 radical (unpaired) electrons. The van der Waals surface area contributed by atoms with Crippen LogP contribution in [0, 0.1) is 5.82 Å². The highest BCUT2D eigenvalue weighted by molar-refractivity contribution is 7.98. The molecule has 0 saturated carbocycles. The number of benzene rings is 2. The van der Waals surface area contributed by atoms with E-state index in [9.17, 15) is 13.2 Å². The third-order valence-corrected chi connectivity index (χ3v) is 7.41. The van der Waals surface area contributed by atoms with E-state index >= 15 is 0 Å². The molecule has 0 amide bonds. The predicted molar refractivity (Wildman–Crippen MR) is 98.1 cm³/mol. The van der Waals surface area contributed by atoms with Crippen LogP contribution < -0.4 is 0 Å². The van der Waals surface area contributed by atoms with Crippen molar-refractivity contribution in [1.29, 1.82) is 0 Å². The zero-order valence-corrected chi connectivity index (χ0v) is 15.8. The Morgan fingerprint density at radius 1 is 1.04 bits per heavy atom. The number of rotatable bonds is 8. The lowest BCUT2D eigenvalue weighted by molar-refractivity contribution is 0.228. The first-order valence-corrected chi connectivity index (χ1v) is 10.5. The van der Waals surface area contributed by atoms with Gasteiger partial charge in [0.1, 0.15) is 10.5 Å². The molecule has 0 fully saturated rings. The molecule has 25 heavy (non-hydrogen) atoms. The van der Waals surface area contributed by atoms with Crippen LogP contribution in [0.15, 0.2) is 64.1 Å². The van der Waals surface area contributed by atoms with Gasteiger partial charge >= 0.3 is 7.60 Å². The van der Waals surface area contributed by atoms with Crippen molar-refractivity contribution in [3.63, 3.8) is 0 Å². The van der Waals surface area contributed by atoms with Crippen molar-refractivity contribution in [3.8, 4) is 0 Å². The van der Waals surface area contributed by atoms with Gasteiger partial charge in [0.15, 0.2) is 0 Å². The highest BCUT2D eigenvalue weighted by Crippen LogP contribution is 2.58. The maximum Gasteiger partial charge on any atom is 0.370 e. The molecule has 0 aliphatic heterocycles. The van der Waals surface area contributed by atoms with Crippen molar-refractivity contribution in [2.45, 2.75) is 18.7 Å². The molecule has 1 atom stereocenters. The molecule has 0 saturated heterocycles. The maximum absolute atomic E-state index is 13.2. The van der Waals surface area contributed by atoms with Crippen LogP contribution in [0.25, 0.3) is 6.08 Å². The average molecular weight is 382 g/mol. The van der Waals surface area contributed by atoms with Gasteiger partial charge in [-0.25, -0.2) is 8.60 Å². The lowest BCUT2D eigenvalue weighted by Crippen LogP contribution is -2.04. The summed E-state index contributed by atoms with van der Waals surface area (Å²) in [6.45, 7) is 3.66. The summed E-state index contributed by atoms with van der Waals surface area (Å²) >= 11 is 0. The van der Waals surface area contributed by atoms with Gasteiger partial charge in [0.2, 0.25) is 0 Å². The van der Waals surface area contributed by atoms with Gasteiger partial charge in [0.25, 0.3) is 0 Å². The molecule has 1 unspecified atom stereocenters. The summed E-state index contributed by atoms with van der Waals surface area (Å²) in [4.78, 5) is 0.482. The third kappa shape index (κ3) is 5.19. The molecule has 0 aliphatic carbocycles. The summed E-state index contributed by atoms with van der Waals surface area (Å²) in [5.41, 5.74) is 0.556. The average Bonchev–Trinajstić information content (AvgIpc) is 2.62. The second-order valence-corrected chi connectivity index (χ2v) is 8.69. The van der Waals surface area contributed by atoms with Crippen LogP contribution in [-0.4, -0.2) is 17.4 Å². The Kier molecular flexibility index (Phi) is 7.26. The van der Waals surface area contributed by atoms with E-state index in [1.54, 1.807) is 44.2 Å². The Bertz CT molecular complexity index is 780. The van der Waals surface area contributed by atoms with E-state index in [4.69, 9.17) is 9.05 Å². The Labute approximate surface area is 149 Å². The van der Waals surface area contributed by atoms with Crippen molar-refractivity contribution in [3.05, 3.63) is 70.6 Å².